The molecule has 1 aliphatic heterocycles. The minimum absolute atomic E-state index is 0.00129. The van der Waals surface area contributed by atoms with Crippen LogP contribution in [-0.4, -0.2) is 51.5 Å². The van der Waals surface area contributed by atoms with Crippen LogP contribution in [0, 0.1) is 6.92 Å². The maximum Gasteiger partial charge on any atom is 0.271 e. The van der Waals surface area contributed by atoms with Crippen molar-refractivity contribution in [3.05, 3.63) is 40.2 Å². The van der Waals surface area contributed by atoms with E-state index in [9.17, 15) is 13.2 Å². The van der Waals surface area contributed by atoms with Crippen LogP contribution in [0.15, 0.2) is 33.9 Å². The second kappa shape index (κ2) is 9.08. The summed E-state index contributed by atoms with van der Waals surface area (Å²) in [6.07, 6.45) is 2.04. The molecule has 3 aromatic rings. The zero-order valence-electron chi connectivity index (χ0n) is 17.9. The van der Waals surface area contributed by atoms with E-state index in [1.165, 1.54) is 25.6 Å². The van der Waals surface area contributed by atoms with Crippen LogP contribution in [0.2, 0.25) is 0 Å². The van der Waals surface area contributed by atoms with E-state index in [4.69, 9.17) is 9.47 Å². The maximum atomic E-state index is 13.0. The Morgan fingerprint density at radius 2 is 1.91 bits per heavy atom. The highest BCUT2D eigenvalue weighted by atomic mass is 32.2. The number of ether oxygens (including phenoxy) is 2. The average Bonchev–Trinajstić information content (AvgIpc) is 3.53. The molecule has 1 fully saturated rings. The van der Waals surface area contributed by atoms with Crippen molar-refractivity contribution in [2.24, 2.45) is 0 Å². The van der Waals surface area contributed by atoms with Gasteiger partial charge in [-0.15, -0.1) is 22.7 Å². The van der Waals surface area contributed by atoms with E-state index in [0.29, 0.717) is 32.6 Å². The van der Waals surface area contributed by atoms with Gasteiger partial charge in [0.15, 0.2) is 0 Å². The van der Waals surface area contributed by atoms with Gasteiger partial charge in [-0.05, 0) is 38.0 Å². The third-order valence-electron chi connectivity index (χ3n) is 5.12. The van der Waals surface area contributed by atoms with Gasteiger partial charge in [0, 0.05) is 30.1 Å². The van der Waals surface area contributed by atoms with E-state index in [2.05, 4.69) is 9.71 Å². The number of aryl methyl sites for hydroxylation is 1. The summed E-state index contributed by atoms with van der Waals surface area (Å²) in [5.74, 6) is 0.884. The Morgan fingerprint density at radius 3 is 2.59 bits per heavy atom. The number of rotatable bonds is 7. The second-order valence-corrected chi connectivity index (χ2v) is 11.1. The quantitative estimate of drug-likeness (QED) is 0.529. The summed E-state index contributed by atoms with van der Waals surface area (Å²) in [4.78, 5) is 19.7. The Labute approximate surface area is 194 Å². The van der Waals surface area contributed by atoms with Crippen molar-refractivity contribution < 1.29 is 22.7 Å². The smallest absolute Gasteiger partial charge is 0.271 e. The van der Waals surface area contributed by atoms with Crippen LogP contribution in [-0.2, 0) is 10.0 Å². The zero-order chi connectivity index (χ0) is 22.9. The van der Waals surface area contributed by atoms with Crippen LogP contribution in [0.25, 0.3) is 10.6 Å². The minimum Gasteiger partial charge on any atom is -0.497 e. The fourth-order valence-corrected chi connectivity index (χ4v) is 6.76. The molecule has 0 unspecified atom stereocenters. The maximum absolute atomic E-state index is 13.0. The van der Waals surface area contributed by atoms with Crippen LogP contribution in [0.4, 0.5) is 5.69 Å². The first-order chi connectivity index (χ1) is 15.3. The van der Waals surface area contributed by atoms with Crippen LogP contribution in [0.3, 0.4) is 0 Å². The lowest BCUT2D eigenvalue weighted by molar-refractivity contribution is 0.0796. The number of thiazole rings is 1. The van der Waals surface area contributed by atoms with E-state index >= 15 is 0 Å². The molecule has 0 radical (unpaired) electrons. The highest BCUT2D eigenvalue weighted by Crippen LogP contribution is 2.36. The van der Waals surface area contributed by atoms with Crippen molar-refractivity contribution in [1.82, 2.24) is 9.88 Å². The highest BCUT2D eigenvalue weighted by Gasteiger charge is 2.25. The topological polar surface area (TPSA) is 97.8 Å². The van der Waals surface area contributed by atoms with Gasteiger partial charge in [-0.2, -0.15) is 0 Å². The standard InChI is InChI=1S/C21H23N3O5S3/c1-13-19(21(25)24-8-4-5-9-24)31-20(22-13)14-10-18(30-12-14)32(26,27)23-16-11-15(28-2)6-7-17(16)29-3/h6-7,10-12,23H,4-5,8-9H2,1-3H3. The molecule has 0 spiro atoms. The van der Waals surface area contributed by atoms with Crippen LogP contribution < -0.4 is 14.2 Å². The van der Waals surface area contributed by atoms with Gasteiger partial charge in [-0.25, -0.2) is 13.4 Å². The lowest BCUT2D eigenvalue weighted by atomic mass is 10.3. The summed E-state index contributed by atoms with van der Waals surface area (Å²) in [5.41, 5.74) is 1.61. The van der Waals surface area contributed by atoms with Crippen molar-refractivity contribution in [2.75, 3.05) is 32.0 Å². The molecule has 0 saturated carbocycles. The Hall–Kier alpha value is -2.63. The summed E-state index contributed by atoms with van der Waals surface area (Å²) in [7, 11) is -0.885. The third kappa shape index (κ3) is 4.45. The van der Waals surface area contributed by atoms with Crippen molar-refractivity contribution >= 4 is 44.3 Å². The fraction of sp³-hybridized carbons (Fsp3) is 0.333. The average molecular weight is 494 g/mol. The third-order valence-corrected chi connectivity index (χ3v) is 9.12. The molecule has 3 heterocycles. The zero-order valence-corrected chi connectivity index (χ0v) is 20.3. The molecule has 11 heteroatoms. The van der Waals surface area contributed by atoms with Gasteiger partial charge in [0.1, 0.15) is 25.6 Å². The summed E-state index contributed by atoms with van der Waals surface area (Å²) < 4.78 is 39.1. The van der Waals surface area contributed by atoms with E-state index in [-0.39, 0.29) is 15.8 Å². The molecule has 0 atom stereocenters. The predicted molar refractivity (Wildman–Crippen MR) is 126 cm³/mol. The molecule has 2 aromatic heterocycles. The first-order valence-corrected chi connectivity index (χ1v) is 13.1. The molecule has 32 heavy (non-hydrogen) atoms. The number of aromatic nitrogens is 1. The Balaban J connectivity index is 1.59. The van der Waals surface area contributed by atoms with Gasteiger partial charge in [0.2, 0.25) is 0 Å². The molecule has 0 aliphatic carbocycles. The molecule has 170 valence electrons. The van der Waals surface area contributed by atoms with Crippen LogP contribution in [0.5, 0.6) is 11.5 Å². The first-order valence-electron chi connectivity index (χ1n) is 9.93. The highest BCUT2D eigenvalue weighted by molar-refractivity contribution is 7.94. The summed E-state index contributed by atoms with van der Waals surface area (Å²) >= 11 is 2.39. The number of carbonyl (C=O) groups excluding carboxylic acids is 1. The van der Waals surface area contributed by atoms with Crippen LogP contribution in [0.1, 0.15) is 28.2 Å². The molecule has 1 amide bonds. The largest absolute Gasteiger partial charge is 0.497 e. The van der Waals surface area contributed by atoms with Gasteiger partial charge >= 0.3 is 0 Å². The lowest BCUT2D eigenvalue weighted by Crippen LogP contribution is -2.27. The van der Waals surface area contributed by atoms with E-state index in [1.54, 1.807) is 29.6 Å². The number of anilines is 1. The van der Waals surface area contributed by atoms with E-state index in [0.717, 1.165) is 37.3 Å². The van der Waals surface area contributed by atoms with Crippen molar-refractivity contribution in [1.29, 1.82) is 0 Å². The van der Waals surface area contributed by atoms with Gasteiger partial charge < -0.3 is 14.4 Å². The van der Waals surface area contributed by atoms with Gasteiger partial charge in [-0.1, -0.05) is 0 Å². The number of carbonyl (C=O) groups is 1. The Bertz CT molecular complexity index is 1240. The molecule has 8 nitrogen and oxygen atoms in total. The van der Waals surface area contributed by atoms with Crippen molar-refractivity contribution in [2.45, 2.75) is 24.0 Å². The number of benzene rings is 1. The molecule has 1 aromatic carbocycles. The van der Waals surface area contributed by atoms with Crippen molar-refractivity contribution in [3.63, 3.8) is 0 Å². The molecule has 1 saturated heterocycles. The lowest BCUT2D eigenvalue weighted by Gasteiger charge is -2.13. The SMILES string of the molecule is COc1ccc(OC)c(NS(=O)(=O)c2cc(-c3nc(C)c(C(=O)N4CCCC4)s3)cs2)c1. The van der Waals surface area contributed by atoms with Gasteiger partial charge in [-0.3, -0.25) is 9.52 Å². The number of thiophene rings is 1. The van der Waals surface area contributed by atoms with Crippen molar-refractivity contribution in [3.8, 4) is 22.1 Å². The van der Waals surface area contributed by atoms with Gasteiger partial charge in [0.25, 0.3) is 15.9 Å². The summed E-state index contributed by atoms with van der Waals surface area (Å²) in [6.45, 7) is 3.35. The molecule has 1 N–H and O–H groups in total. The summed E-state index contributed by atoms with van der Waals surface area (Å²) in [5, 5.41) is 2.36. The number of nitrogens with one attached hydrogen (secondary N) is 1. The predicted octanol–water partition coefficient (Wildman–Crippen LogP) is 4.23. The Kier molecular flexibility index (Phi) is 6.40. The number of hydrogen-bond donors (Lipinski definition) is 1. The normalized spacial score (nSPS) is 13.9. The van der Waals surface area contributed by atoms with Gasteiger partial charge in [0.05, 0.1) is 25.6 Å². The molecule has 1 aliphatic rings. The number of methoxy groups -OCH3 is 2. The Morgan fingerprint density at radius 1 is 1.16 bits per heavy atom. The van der Waals surface area contributed by atoms with Crippen LogP contribution >= 0.6 is 22.7 Å². The summed E-state index contributed by atoms with van der Waals surface area (Å²) in [6, 6.07) is 6.45. The first kappa shape index (κ1) is 22.6. The molecule has 0 bridgehead atoms. The molecular weight excluding hydrogens is 470 g/mol. The minimum atomic E-state index is -3.86. The number of nitrogens with zero attached hydrogens (tertiary/aromatic N) is 2. The molecule has 4 rings (SSSR count). The number of hydrogen-bond acceptors (Lipinski definition) is 8. The monoisotopic (exact) mass is 493 g/mol. The second-order valence-electron chi connectivity index (χ2n) is 7.26. The fourth-order valence-electron chi connectivity index (χ4n) is 3.44. The number of likely N-dealkylation sites (tertiary alicyclic amines) is 1. The number of amides is 1. The van der Waals surface area contributed by atoms with E-state index in [1.807, 2.05) is 11.8 Å². The van der Waals surface area contributed by atoms with E-state index < -0.39 is 10.0 Å². The molecular formula is C21H23N3O5S3. The number of sulfonamides is 1.